The molecule has 2 unspecified atom stereocenters. The van der Waals surface area contributed by atoms with Crippen molar-refractivity contribution in [2.75, 3.05) is 17.6 Å². The van der Waals surface area contributed by atoms with Gasteiger partial charge in [0, 0.05) is 17.6 Å². The van der Waals surface area contributed by atoms with Gasteiger partial charge in [-0.3, -0.25) is 0 Å². The topological polar surface area (TPSA) is 46.2 Å². The van der Waals surface area contributed by atoms with Crippen molar-refractivity contribution in [1.82, 2.24) is 0 Å². The fourth-order valence-electron chi connectivity index (χ4n) is 2.42. The van der Waals surface area contributed by atoms with E-state index in [1.54, 1.807) is 19.1 Å². The van der Waals surface area contributed by atoms with E-state index in [0.29, 0.717) is 10.8 Å². The van der Waals surface area contributed by atoms with Crippen LogP contribution in [0.15, 0.2) is 29.2 Å². The van der Waals surface area contributed by atoms with Gasteiger partial charge in [0.25, 0.3) is 0 Å². The van der Waals surface area contributed by atoms with Crippen LogP contribution in [0.1, 0.15) is 26.2 Å². The van der Waals surface area contributed by atoms with Gasteiger partial charge in [-0.05, 0) is 43.0 Å². The third kappa shape index (κ3) is 3.63. The molecule has 2 atom stereocenters. The zero-order valence-corrected chi connectivity index (χ0v) is 12.7. The maximum absolute atomic E-state index is 11.7. The van der Waals surface area contributed by atoms with E-state index in [9.17, 15) is 8.42 Å². The summed E-state index contributed by atoms with van der Waals surface area (Å²) in [4.78, 5) is 0.386. The highest BCUT2D eigenvalue weighted by molar-refractivity contribution is 7.91. The van der Waals surface area contributed by atoms with Gasteiger partial charge >= 0.3 is 0 Å². The van der Waals surface area contributed by atoms with Crippen LogP contribution in [0.3, 0.4) is 0 Å². The number of rotatable bonds is 5. The first kappa shape index (κ1) is 14.7. The standard InChI is InChI=1S/C14H20ClNO2S/c1-2-19(17,18)13-8-6-12(7-9-13)16-10-11-4-3-5-14(11)15/h6-9,11,14,16H,2-5,10H2,1H3. The minimum absolute atomic E-state index is 0.135. The molecule has 0 radical (unpaired) electrons. The Balaban J connectivity index is 1.96. The van der Waals surface area contributed by atoms with E-state index in [1.165, 1.54) is 12.8 Å². The molecule has 1 aliphatic rings. The van der Waals surface area contributed by atoms with Crippen LogP contribution >= 0.6 is 11.6 Å². The van der Waals surface area contributed by atoms with Gasteiger partial charge in [0.1, 0.15) is 0 Å². The highest BCUT2D eigenvalue weighted by atomic mass is 35.5. The van der Waals surface area contributed by atoms with Crippen molar-refractivity contribution in [2.24, 2.45) is 5.92 Å². The summed E-state index contributed by atoms with van der Waals surface area (Å²) in [5.74, 6) is 0.649. The Bertz CT molecular complexity index is 513. The average molecular weight is 302 g/mol. The van der Waals surface area contributed by atoms with Crippen LogP contribution in [0.25, 0.3) is 0 Å². The lowest BCUT2D eigenvalue weighted by atomic mass is 10.1. The van der Waals surface area contributed by atoms with E-state index in [2.05, 4.69) is 5.32 Å². The Morgan fingerprint density at radius 3 is 2.47 bits per heavy atom. The fourth-order valence-corrected chi connectivity index (χ4v) is 3.67. The minimum Gasteiger partial charge on any atom is -0.385 e. The van der Waals surface area contributed by atoms with E-state index in [0.717, 1.165) is 18.7 Å². The molecule has 1 aliphatic carbocycles. The number of hydrogen-bond acceptors (Lipinski definition) is 3. The Labute approximate surface area is 120 Å². The second kappa shape index (κ2) is 6.14. The number of sulfone groups is 1. The molecule has 0 aliphatic heterocycles. The summed E-state index contributed by atoms with van der Waals surface area (Å²) in [5.41, 5.74) is 0.950. The van der Waals surface area contributed by atoms with Crippen molar-refractivity contribution in [3.8, 4) is 0 Å². The molecule has 3 nitrogen and oxygen atoms in total. The predicted molar refractivity (Wildman–Crippen MR) is 79.6 cm³/mol. The first-order chi connectivity index (χ1) is 9.03. The molecule has 1 N–H and O–H groups in total. The van der Waals surface area contributed by atoms with Crippen molar-refractivity contribution < 1.29 is 8.42 Å². The molecule has 106 valence electrons. The first-order valence-corrected chi connectivity index (χ1v) is 8.82. The van der Waals surface area contributed by atoms with Crippen LogP contribution in [0.5, 0.6) is 0 Å². The third-order valence-electron chi connectivity index (χ3n) is 3.73. The number of benzene rings is 1. The van der Waals surface area contributed by atoms with Crippen LogP contribution in [0, 0.1) is 5.92 Å². The first-order valence-electron chi connectivity index (χ1n) is 6.73. The van der Waals surface area contributed by atoms with E-state index in [4.69, 9.17) is 11.6 Å². The van der Waals surface area contributed by atoms with Gasteiger partial charge in [0.15, 0.2) is 9.84 Å². The zero-order chi connectivity index (χ0) is 13.9. The maximum Gasteiger partial charge on any atom is 0.178 e. The van der Waals surface area contributed by atoms with Crippen LogP contribution in [-0.4, -0.2) is 26.1 Å². The second-order valence-electron chi connectivity index (χ2n) is 5.02. The Hall–Kier alpha value is -0.740. The third-order valence-corrected chi connectivity index (χ3v) is 6.05. The highest BCUT2D eigenvalue weighted by Crippen LogP contribution is 2.30. The van der Waals surface area contributed by atoms with Gasteiger partial charge < -0.3 is 5.32 Å². The largest absolute Gasteiger partial charge is 0.385 e. The average Bonchev–Trinajstić information content (AvgIpc) is 2.82. The van der Waals surface area contributed by atoms with Crippen LogP contribution in [-0.2, 0) is 9.84 Å². The van der Waals surface area contributed by atoms with Crippen molar-refractivity contribution in [2.45, 2.75) is 36.5 Å². The second-order valence-corrected chi connectivity index (χ2v) is 7.85. The summed E-state index contributed by atoms with van der Waals surface area (Å²) < 4.78 is 23.4. The van der Waals surface area contributed by atoms with Crippen molar-refractivity contribution in [3.63, 3.8) is 0 Å². The van der Waals surface area contributed by atoms with E-state index in [1.807, 2.05) is 12.1 Å². The summed E-state index contributed by atoms with van der Waals surface area (Å²) in [6.07, 6.45) is 3.47. The van der Waals surface area contributed by atoms with Gasteiger partial charge in [-0.25, -0.2) is 8.42 Å². The lowest BCUT2D eigenvalue weighted by molar-refractivity contribution is 0.586. The molecule has 0 heterocycles. The molecule has 1 fully saturated rings. The van der Waals surface area contributed by atoms with E-state index < -0.39 is 9.84 Å². The van der Waals surface area contributed by atoms with Gasteiger partial charge in [0.2, 0.25) is 0 Å². The SMILES string of the molecule is CCS(=O)(=O)c1ccc(NCC2CCCC2Cl)cc1. The number of anilines is 1. The minimum atomic E-state index is -3.10. The van der Waals surface area contributed by atoms with Gasteiger partial charge in [0.05, 0.1) is 10.6 Å². The molecule has 5 heteroatoms. The number of halogens is 1. The van der Waals surface area contributed by atoms with Crippen LogP contribution in [0.4, 0.5) is 5.69 Å². The van der Waals surface area contributed by atoms with Gasteiger partial charge in [-0.2, -0.15) is 0 Å². The molecule has 1 aromatic carbocycles. The molecule has 2 rings (SSSR count). The molecular formula is C14H20ClNO2S. The maximum atomic E-state index is 11.7. The molecule has 0 bridgehead atoms. The Morgan fingerprint density at radius 1 is 1.26 bits per heavy atom. The van der Waals surface area contributed by atoms with Crippen LogP contribution < -0.4 is 5.32 Å². The summed E-state index contributed by atoms with van der Waals surface area (Å²) in [6.45, 7) is 2.51. The molecule has 1 saturated carbocycles. The zero-order valence-electron chi connectivity index (χ0n) is 11.1. The fraction of sp³-hybridized carbons (Fsp3) is 0.571. The van der Waals surface area contributed by atoms with E-state index in [-0.39, 0.29) is 11.1 Å². The lowest BCUT2D eigenvalue weighted by Crippen LogP contribution is -2.18. The molecule has 0 aromatic heterocycles. The number of nitrogens with one attached hydrogen (secondary N) is 1. The highest BCUT2D eigenvalue weighted by Gasteiger charge is 2.24. The number of hydrogen-bond donors (Lipinski definition) is 1. The normalized spacial score (nSPS) is 23.5. The summed E-state index contributed by atoms with van der Waals surface area (Å²) in [5, 5.41) is 3.61. The molecule has 1 aromatic rings. The quantitative estimate of drug-likeness (QED) is 0.849. The van der Waals surface area contributed by atoms with Gasteiger partial charge in [-0.15, -0.1) is 11.6 Å². The van der Waals surface area contributed by atoms with Gasteiger partial charge in [-0.1, -0.05) is 13.3 Å². The molecule has 0 saturated heterocycles. The number of alkyl halides is 1. The van der Waals surface area contributed by atoms with Crippen LogP contribution in [0.2, 0.25) is 0 Å². The smallest absolute Gasteiger partial charge is 0.178 e. The monoisotopic (exact) mass is 301 g/mol. The Morgan fingerprint density at radius 2 is 1.95 bits per heavy atom. The summed E-state index contributed by atoms with van der Waals surface area (Å²) in [7, 11) is -3.10. The van der Waals surface area contributed by atoms with Crippen molar-refractivity contribution in [1.29, 1.82) is 0 Å². The molecular weight excluding hydrogens is 282 g/mol. The molecule has 19 heavy (non-hydrogen) atoms. The predicted octanol–water partition coefficient (Wildman–Crippen LogP) is 3.30. The molecule has 0 amide bonds. The van der Waals surface area contributed by atoms with Crippen molar-refractivity contribution >= 4 is 27.1 Å². The van der Waals surface area contributed by atoms with E-state index >= 15 is 0 Å². The lowest BCUT2D eigenvalue weighted by Gasteiger charge is -2.15. The summed E-state index contributed by atoms with van der Waals surface area (Å²) in [6, 6.07) is 6.96. The van der Waals surface area contributed by atoms with Crippen molar-refractivity contribution in [3.05, 3.63) is 24.3 Å². The summed E-state index contributed by atoms with van der Waals surface area (Å²) >= 11 is 6.23. The molecule has 0 spiro atoms. The Kier molecular flexibility index (Phi) is 4.74.